The zero-order valence-electron chi connectivity index (χ0n) is 17.8. The van der Waals surface area contributed by atoms with Crippen LogP contribution in [0.25, 0.3) is 11.3 Å². The number of nitrogens with one attached hydrogen (secondary N) is 1. The quantitative estimate of drug-likeness (QED) is 0.660. The molecule has 5 rings (SSSR count). The summed E-state index contributed by atoms with van der Waals surface area (Å²) in [5, 5.41) is 9.55. The van der Waals surface area contributed by atoms with Crippen molar-refractivity contribution in [3.63, 3.8) is 0 Å². The molecular formula is C24H30N6O. The number of nitrogens with zero attached hydrogens (tertiary/aromatic N) is 5. The molecule has 7 nitrogen and oxygen atoms in total. The Morgan fingerprint density at radius 2 is 1.68 bits per heavy atom. The van der Waals surface area contributed by atoms with Crippen LogP contribution in [0.3, 0.4) is 0 Å². The van der Waals surface area contributed by atoms with Crippen LogP contribution in [0.1, 0.15) is 37.4 Å². The summed E-state index contributed by atoms with van der Waals surface area (Å²) in [6.45, 7) is 4.00. The molecule has 1 aromatic carbocycles. The average Bonchev–Trinajstić information content (AvgIpc) is 3.35. The third kappa shape index (κ3) is 4.42. The van der Waals surface area contributed by atoms with Crippen LogP contribution in [0, 0.1) is 5.92 Å². The summed E-state index contributed by atoms with van der Waals surface area (Å²) in [5.41, 5.74) is 2.23. The van der Waals surface area contributed by atoms with E-state index in [1.54, 1.807) is 6.33 Å². The lowest BCUT2D eigenvalue weighted by Gasteiger charge is -2.35. The Morgan fingerprint density at radius 1 is 0.935 bits per heavy atom. The lowest BCUT2D eigenvalue weighted by atomic mass is 9.97. The summed E-state index contributed by atoms with van der Waals surface area (Å²) in [6, 6.07) is 12.5. The maximum absolute atomic E-state index is 9.55. The van der Waals surface area contributed by atoms with Gasteiger partial charge in [0.15, 0.2) is 0 Å². The minimum Gasteiger partial charge on any atom is -0.396 e. The number of imidazole rings is 1. The second-order valence-corrected chi connectivity index (χ2v) is 8.70. The van der Waals surface area contributed by atoms with Gasteiger partial charge in [-0.1, -0.05) is 30.3 Å². The van der Waals surface area contributed by atoms with Crippen LogP contribution >= 0.6 is 0 Å². The van der Waals surface area contributed by atoms with Crippen molar-refractivity contribution in [1.29, 1.82) is 0 Å². The van der Waals surface area contributed by atoms with Gasteiger partial charge in [0.05, 0.1) is 11.9 Å². The van der Waals surface area contributed by atoms with E-state index in [-0.39, 0.29) is 6.61 Å². The van der Waals surface area contributed by atoms with Gasteiger partial charge in [0.25, 0.3) is 0 Å². The summed E-state index contributed by atoms with van der Waals surface area (Å²) < 4.78 is 0. The van der Waals surface area contributed by atoms with Gasteiger partial charge in [-0.15, -0.1) is 0 Å². The van der Waals surface area contributed by atoms with Crippen LogP contribution < -0.4 is 9.80 Å². The fourth-order valence-electron chi connectivity index (χ4n) is 4.82. The molecule has 0 radical (unpaired) electrons. The normalized spacial score (nSPS) is 22.0. The average molecular weight is 419 g/mol. The van der Waals surface area contributed by atoms with E-state index in [0.29, 0.717) is 11.8 Å². The Hall–Kier alpha value is -2.93. The number of hydrogen-bond donors (Lipinski definition) is 2. The molecule has 31 heavy (non-hydrogen) atoms. The van der Waals surface area contributed by atoms with E-state index in [1.807, 2.05) is 12.3 Å². The van der Waals surface area contributed by atoms with Crippen molar-refractivity contribution in [1.82, 2.24) is 19.9 Å². The summed E-state index contributed by atoms with van der Waals surface area (Å²) in [6.07, 6.45) is 8.05. The number of hydrogen-bond acceptors (Lipinski definition) is 6. The monoisotopic (exact) mass is 418 g/mol. The summed E-state index contributed by atoms with van der Waals surface area (Å²) in [5.74, 6) is 3.70. The van der Waals surface area contributed by atoms with Crippen molar-refractivity contribution in [2.75, 3.05) is 42.6 Å². The third-order valence-electron chi connectivity index (χ3n) is 6.55. The minimum atomic E-state index is 0.246. The number of piperidine rings is 2. The molecule has 2 fully saturated rings. The van der Waals surface area contributed by atoms with Crippen molar-refractivity contribution >= 4 is 11.6 Å². The van der Waals surface area contributed by atoms with Gasteiger partial charge in [-0.25, -0.2) is 15.0 Å². The van der Waals surface area contributed by atoms with Crippen molar-refractivity contribution in [2.24, 2.45) is 5.92 Å². The highest BCUT2D eigenvalue weighted by Crippen LogP contribution is 2.30. The maximum Gasteiger partial charge on any atom is 0.134 e. The number of aliphatic hydroxyl groups excluding tert-OH is 1. The molecule has 162 valence electrons. The van der Waals surface area contributed by atoms with E-state index in [9.17, 15) is 5.11 Å². The van der Waals surface area contributed by atoms with E-state index in [4.69, 9.17) is 4.98 Å². The Morgan fingerprint density at radius 3 is 2.45 bits per heavy atom. The largest absolute Gasteiger partial charge is 0.396 e. The highest BCUT2D eigenvalue weighted by Gasteiger charge is 2.26. The minimum absolute atomic E-state index is 0.246. The van der Waals surface area contributed by atoms with Gasteiger partial charge < -0.3 is 19.9 Å². The van der Waals surface area contributed by atoms with Crippen molar-refractivity contribution in [2.45, 2.75) is 31.6 Å². The van der Waals surface area contributed by atoms with Crippen LogP contribution in [0.15, 0.2) is 48.9 Å². The van der Waals surface area contributed by atoms with Gasteiger partial charge in [-0.2, -0.15) is 0 Å². The molecule has 4 heterocycles. The molecular weight excluding hydrogens is 388 g/mol. The van der Waals surface area contributed by atoms with Crippen molar-refractivity contribution in [3.05, 3.63) is 54.7 Å². The van der Waals surface area contributed by atoms with E-state index in [0.717, 1.165) is 80.6 Å². The maximum atomic E-state index is 9.55. The third-order valence-corrected chi connectivity index (χ3v) is 6.55. The van der Waals surface area contributed by atoms with Gasteiger partial charge >= 0.3 is 0 Å². The fraction of sp³-hybridized carbons (Fsp3) is 0.458. The van der Waals surface area contributed by atoms with Crippen molar-refractivity contribution < 1.29 is 5.11 Å². The molecule has 3 aromatic rings. The zero-order chi connectivity index (χ0) is 21.0. The first-order valence-corrected chi connectivity index (χ1v) is 11.3. The Balaban J connectivity index is 1.30. The number of benzene rings is 1. The van der Waals surface area contributed by atoms with E-state index in [2.05, 4.69) is 55.1 Å². The van der Waals surface area contributed by atoms with Crippen LogP contribution in [0.2, 0.25) is 0 Å². The molecule has 2 saturated heterocycles. The van der Waals surface area contributed by atoms with E-state index in [1.165, 1.54) is 0 Å². The lowest BCUT2D eigenvalue weighted by Crippen LogP contribution is -2.38. The SMILES string of the molecule is OCC1CCCN(c2cc(N3CCCC(c4ncc(-c5ccccc5)[nH]4)C3)ncn2)C1. The van der Waals surface area contributed by atoms with Gasteiger partial charge in [-0.05, 0) is 37.2 Å². The topological polar surface area (TPSA) is 81.2 Å². The first-order chi connectivity index (χ1) is 15.3. The second-order valence-electron chi connectivity index (χ2n) is 8.70. The van der Waals surface area contributed by atoms with Gasteiger partial charge in [0.2, 0.25) is 0 Å². The highest BCUT2D eigenvalue weighted by molar-refractivity contribution is 5.58. The summed E-state index contributed by atoms with van der Waals surface area (Å²) in [7, 11) is 0. The molecule has 2 aliphatic heterocycles. The van der Waals surface area contributed by atoms with E-state index >= 15 is 0 Å². The van der Waals surface area contributed by atoms with Crippen LogP contribution in [-0.4, -0.2) is 57.8 Å². The van der Waals surface area contributed by atoms with E-state index < -0.39 is 0 Å². The van der Waals surface area contributed by atoms with Gasteiger partial charge in [0.1, 0.15) is 23.8 Å². The molecule has 2 unspecified atom stereocenters. The Kier molecular flexibility index (Phi) is 5.84. The molecule has 2 aliphatic rings. The van der Waals surface area contributed by atoms with Crippen LogP contribution in [0.5, 0.6) is 0 Å². The number of rotatable bonds is 5. The van der Waals surface area contributed by atoms with Gasteiger partial charge in [0, 0.05) is 44.8 Å². The number of aromatic amines is 1. The Bertz CT molecular complexity index is 990. The number of aromatic nitrogens is 4. The molecule has 0 amide bonds. The second kappa shape index (κ2) is 9.06. The first-order valence-electron chi connectivity index (χ1n) is 11.3. The molecule has 2 aromatic heterocycles. The summed E-state index contributed by atoms with van der Waals surface area (Å²) in [4.78, 5) is 22.0. The fourth-order valence-corrected chi connectivity index (χ4v) is 4.82. The molecule has 0 saturated carbocycles. The predicted octanol–water partition coefficient (Wildman–Crippen LogP) is 3.46. The standard InChI is InChI=1S/C24H30N6O/c31-16-18-6-4-10-29(14-18)22-12-23(27-17-26-22)30-11-5-9-20(15-30)24-25-13-21(28-24)19-7-2-1-3-8-19/h1-3,7-8,12-13,17-18,20,31H,4-6,9-11,14-16H2,(H,25,28). The van der Waals surface area contributed by atoms with Gasteiger partial charge in [-0.3, -0.25) is 0 Å². The number of anilines is 2. The molecule has 0 aliphatic carbocycles. The molecule has 0 bridgehead atoms. The number of H-pyrrole nitrogens is 1. The van der Waals surface area contributed by atoms with Crippen LogP contribution in [0.4, 0.5) is 11.6 Å². The molecule has 2 atom stereocenters. The smallest absolute Gasteiger partial charge is 0.134 e. The molecule has 2 N–H and O–H groups in total. The predicted molar refractivity (Wildman–Crippen MR) is 122 cm³/mol. The summed E-state index contributed by atoms with van der Waals surface area (Å²) >= 11 is 0. The van der Waals surface area contributed by atoms with Crippen LogP contribution in [-0.2, 0) is 0 Å². The van der Waals surface area contributed by atoms with Crippen molar-refractivity contribution in [3.8, 4) is 11.3 Å². The zero-order valence-corrected chi connectivity index (χ0v) is 17.8. The molecule has 0 spiro atoms. The first kappa shape index (κ1) is 20.0. The molecule has 7 heteroatoms. The lowest BCUT2D eigenvalue weighted by molar-refractivity contribution is 0.208. The highest BCUT2D eigenvalue weighted by atomic mass is 16.3. The number of aliphatic hydroxyl groups is 1. The Labute approximate surface area is 183 Å².